The Kier molecular flexibility index (Phi) is 7.04. The maximum Gasteiger partial charge on any atom is 0.310 e. The zero-order valence-electron chi connectivity index (χ0n) is 14.4. The van der Waals surface area contributed by atoms with E-state index in [-0.39, 0.29) is 12.4 Å². The molecule has 0 radical (unpaired) electrons. The lowest BCUT2D eigenvalue weighted by Gasteiger charge is -2.11. The van der Waals surface area contributed by atoms with Gasteiger partial charge < -0.3 is 9.84 Å². The fourth-order valence-electron chi connectivity index (χ4n) is 2.05. The second kappa shape index (κ2) is 8.32. The lowest BCUT2D eigenvalue weighted by atomic mass is 9.99. The van der Waals surface area contributed by atoms with Gasteiger partial charge in [-0.25, -0.2) is 0 Å². The molecule has 0 heterocycles. The van der Waals surface area contributed by atoms with Crippen molar-refractivity contribution in [3.8, 4) is 0 Å². The first-order valence-corrected chi connectivity index (χ1v) is 8.06. The zero-order chi connectivity index (χ0) is 17.6. The number of carbonyl (C=O) groups is 1. The average molecular weight is 337 g/mol. The van der Waals surface area contributed by atoms with Crippen molar-refractivity contribution >= 4 is 28.3 Å². The van der Waals surface area contributed by atoms with Crippen molar-refractivity contribution in [1.82, 2.24) is 0 Å². The van der Waals surface area contributed by atoms with Crippen LogP contribution < -0.4 is 0 Å². The summed E-state index contributed by atoms with van der Waals surface area (Å²) in [5, 5.41) is 11.2. The van der Waals surface area contributed by atoms with Crippen LogP contribution in [0.3, 0.4) is 0 Å². The van der Waals surface area contributed by atoms with Crippen LogP contribution in [-0.2, 0) is 16.0 Å². The lowest BCUT2D eigenvalue weighted by molar-refractivity contribution is -0.142. The Hall–Kier alpha value is -1.58. The third kappa shape index (κ3) is 6.59. The minimum Gasteiger partial charge on any atom is -0.466 e. The van der Waals surface area contributed by atoms with Crippen LogP contribution in [0.5, 0.6) is 0 Å². The Bertz CT molecular complexity index is 666. The van der Waals surface area contributed by atoms with Crippen molar-refractivity contribution in [2.24, 2.45) is 0 Å². The fraction of sp³-hybridized carbons (Fsp3) is 0.421. The summed E-state index contributed by atoms with van der Waals surface area (Å²) in [6.45, 7) is 9.38. The molecule has 0 saturated carbocycles. The van der Waals surface area contributed by atoms with Crippen molar-refractivity contribution in [3.05, 3.63) is 46.5 Å². The van der Waals surface area contributed by atoms with Gasteiger partial charge in [-0.05, 0) is 51.1 Å². The largest absolute Gasteiger partial charge is 0.466 e. The van der Waals surface area contributed by atoms with E-state index in [1.807, 2.05) is 31.2 Å². The Balaban J connectivity index is 0.000000463. The summed E-state index contributed by atoms with van der Waals surface area (Å²) in [7, 11) is 0. The number of ether oxygens (including phenoxy) is 1. The number of fused-ring (bicyclic) bond motifs is 1. The smallest absolute Gasteiger partial charge is 0.310 e. The molecule has 0 saturated heterocycles. The average Bonchev–Trinajstić information content (AvgIpc) is 2.42. The summed E-state index contributed by atoms with van der Waals surface area (Å²) < 4.78 is 4.97. The third-order valence-electron chi connectivity index (χ3n) is 2.94. The van der Waals surface area contributed by atoms with Gasteiger partial charge in [0.25, 0.3) is 0 Å². The molecule has 126 valence electrons. The van der Waals surface area contributed by atoms with Gasteiger partial charge in [0.15, 0.2) is 0 Å². The van der Waals surface area contributed by atoms with Gasteiger partial charge in [0.2, 0.25) is 0 Å². The molecule has 2 rings (SSSR count). The standard InChI is InChI=1S/C15H15ClO2.C4H10O/c1-3-18-14(17)9-13-10(2)8-11-6-4-5-7-12(11)15(13)16;1-4(2,3)5/h4-8H,3,9H2,1-2H3;5H,1-3H3. The van der Waals surface area contributed by atoms with Crippen molar-refractivity contribution in [1.29, 1.82) is 0 Å². The molecule has 0 bridgehead atoms. The van der Waals surface area contributed by atoms with E-state index >= 15 is 0 Å². The molecule has 0 fully saturated rings. The zero-order valence-corrected chi connectivity index (χ0v) is 15.2. The molecular formula is C19H25ClO3. The van der Waals surface area contributed by atoms with E-state index in [0.717, 1.165) is 21.9 Å². The highest BCUT2D eigenvalue weighted by Gasteiger charge is 2.13. The molecule has 3 nitrogen and oxygen atoms in total. The molecule has 4 heteroatoms. The van der Waals surface area contributed by atoms with Crippen LogP contribution in [0.1, 0.15) is 38.8 Å². The first-order valence-electron chi connectivity index (χ1n) is 7.68. The summed E-state index contributed by atoms with van der Waals surface area (Å²) in [4.78, 5) is 11.6. The Labute approximate surface area is 143 Å². The lowest BCUT2D eigenvalue weighted by Crippen LogP contribution is -2.10. The Morgan fingerprint density at radius 2 is 1.83 bits per heavy atom. The highest BCUT2D eigenvalue weighted by molar-refractivity contribution is 6.36. The predicted molar refractivity (Wildman–Crippen MR) is 96.0 cm³/mol. The van der Waals surface area contributed by atoms with E-state index in [4.69, 9.17) is 21.4 Å². The van der Waals surface area contributed by atoms with E-state index in [1.54, 1.807) is 27.7 Å². The first-order chi connectivity index (χ1) is 10.6. The van der Waals surface area contributed by atoms with Crippen molar-refractivity contribution < 1.29 is 14.6 Å². The number of carbonyl (C=O) groups excluding carboxylic acids is 1. The Morgan fingerprint density at radius 3 is 2.39 bits per heavy atom. The first kappa shape index (κ1) is 19.5. The summed E-state index contributed by atoms with van der Waals surface area (Å²) in [5.41, 5.74) is 1.38. The number of hydrogen-bond acceptors (Lipinski definition) is 3. The molecule has 0 spiro atoms. The van der Waals surface area contributed by atoms with Crippen LogP contribution >= 0.6 is 11.6 Å². The fourth-order valence-corrected chi connectivity index (χ4v) is 2.44. The number of halogens is 1. The molecule has 0 atom stereocenters. The Morgan fingerprint density at radius 1 is 1.26 bits per heavy atom. The number of aliphatic hydroxyl groups is 1. The number of esters is 1. The quantitative estimate of drug-likeness (QED) is 0.827. The maximum absolute atomic E-state index is 11.6. The van der Waals surface area contributed by atoms with Crippen LogP contribution in [0.25, 0.3) is 10.8 Å². The summed E-state index contributed by atoms with van der Waals surface area (Å²) >= 11 is 6.38. The van der Waals surface area contributed by atoms with Crippen molar-refractivity contribution in [2.45, 2.75) is 46.6 Å². The minimum absolute atomic E-state index is 0.226. The summed E-state index contributed by atoms with van der Waals surface area (Å²) in [6.07, 6.45) is 0.226. The van der Waals surface area contributed by atoms with Crippen molar-refractivity contribution in [3.63, 3.8) is 0 Å². The minimum atomic E-state index is -0.500. The van der Waals surface area contributed by atoms with Crippen LogP contribution in [-0.4, -0.2) is 23.3 Å². The normalized spacial score (nSPS) is 10.9. The SMILES string of the molecule is CC(C)(C)O.CCOC(=O)Cc1c(C)cc2ccccc2c1Cl. The topological polar surface area (TPSA) is 46.5 Å². The number of benzene rings is 2. The van der Waals surface area contributed by atoms with E-state index in [0.29, 0.717) is 11.6 Å². The molecule has 0 amide bonds. The maximum atomic E-state index is 11.6. The third-order valence-corrected chi connectivity index (χ3v) is 3.37. The predicted octanol–water partition coefficient (Wildman–Crippen LogP) is 4.68. The number of rotatable bonds is 3. The van der Waals surface area contributed by atoms with Gasteiger partial charge in [0.05, 0.1) is 23.7 Å². The highest BCUT2D eigenvalue weighted by atomic mass is 35.5. The molecule has 0 aromatic heterocycles. The van der Waals surface area contributed by atoms with Crippen LogP contribution in [0.4, 0.5) is 0 Å². The van der Waals surface area contributed by atoms with Crippen LogP contribution in [0.15, 0.2) is 30.3 Å². The van der Waals surface area contributed by atoms with Gasteiger partial charge in [-0.1, -0.05) is 41.9 Å². The van der Waals surface area contributed by atoms with Gasteiger partial charge in [0, 0.05) is 5.39 Å². The van der Waals surface area contributed by atoms with E-state index < -0.39 is 5.60 Å². The van der Waals surface area contributed by atoms with Crippen molar-refractivity contribution in [2.75, 3.05) is 6.61 Å². The van der Waals surface area contributed by atoms with E-state index in [2.05, 4.69) is 6.07 Å². The molecule has 23 heavy (non-hydrogen) atoms. The van der Waals surface area contributed by atoms with Gasteiger partial charge in [0.1, 0.15) is 0 Å². The highest BCUT2D eigenvalue weighted by Crippen LogP contribution is 2.30. The van der Waals surface area contributed by atoms with Crippen LogP contribution in [0, 0.1) is 6.92 Å². The summed E-state index contributed by atoms with van der Waals surface area (Å²) in [6, 6.07) is 9.95. The van der Waals surface area contributed by atoms with Gasteiger partial charge >= 0.3 is 5.97 Å². The molecule has 0 aliphatic heterocycles. The van der Waals surface area contributed by atoms with Gasteiger partial charge in [-0.3, -0.25) is 4.79 Å². The van der Waals surface area contributed by atoms with E-state index in [9.17, 15) is 4.79 Å². The molecule has 2 aromatic carbocycles. The molecule has 1 N–H and O–H groups in total. The van der Waals surface area contributed by atoms with Gasteiger partial charge in [-0.15, -0.1) is 0 Å². The molecule has 0 aliphatic rings. The van der Waals surface area contributed by atoms with Gasteiger partial charge in [-0.2, -0.15) is 0 Å². The second-order valence-corrected chi connectivity index (χ2v) is 6.74. The molecule has 0 unspecified atom stereocenters. The molecule has 0 aliphatic carbocycles. The second-order valence-electron chi connectivity index (χ2n) is 6.36. The van der Waals surface area contributed by atoms with E-state index in [1.165, 1.54) is 0 Å². The molecular weight excluding hydrogens is 312 g/mol. The number of aryl methyl sites for hydroxylation is 1. The van der Waals surface area contributed by atoms with Crippen LogP contribution in [0.2, 0.25) is 5.02 Å². The monoisotopic (exact) mass is 336 g/mol. The molecule has 2 aromatic rings. The summed E-state index contributed by atoms with van der Waals surface area (Å²) in [5.74, 6) is -0.238. The number of hydrogen-bond donors (Lipinski definition) is 1.